The van der Waals surface area contributed by atoms with Gasteiger partial charge in [-0.1, -0.05) is 19.9 Å². The maximum Gasteiger partial charge on any atom is 0.193 e. The molecule has 1 heterocycles. The number of guanidine groups is 1. The lowest BCUT2D eigenvalue weighted by Gasteiger charge is -2.34. The van der Waals surface area contributed by atoms with Crippen LogP contribution in [0.3, 0.4) is 0 Å². The first-order valence-corrected chi connectivity index (χ1v) is 7.91. The fourth-order valence-corrected chi connectivity index (χ4v) is 2.97. The third-order valence-corrected chi connectivity index (χ3v) is 4.23. The number of nitrogens with zero attached hydrogens (tertiary/aromatic N) is 2. The monoisotopic (exact) mass is 437 g/mol. The minimum absolute atomic E-state index is 0. The highest BCUT2D eigenvalue weighted by atomic mass is 127. The van der Waals surface area contributed by atoms with Crippen LogP contribution in [-0.4, -0.2) is 37.5 Å². The van der Waals surface area contributed by atoms with Crippen molar-refractivity contribution in [3.05, 3.63) is 35.4 Å². The van der Waals surface area contributed by atoms with E-state index < -0.39 is 11.6 Å². The molecule has 130 valence electrons. The second-order valence-electron chi connectivity index (χ2n) is 6.19. The van der Waals surface area contributed by atoms with Gasteiger partial charge in [0.05, 0.1) is 0 Å². The second-order valence-corrected chi connectivity index (χ2v) is 6.19. The van der Waals surface area contributed by atoms with E-state index in [0.29, 0.717) is 18.0 Å². The van der Waals surface area contributed by atoms with E-state index in [1.165, 1.54) is 25.0 Å². The van der Waals surface area contributed by atoms with Gasteiger partial charge in [0, 0.05) is 38.7 Å². The molecule has 2 rings (SSSR count). The van der Waals surface area contributed by atoms with Gasteiger partial charge in [-0.15, -0.1) is 24.0 Å². The van der Waals surface area contributed by atoms with Crippen LogP contribution in [0, 0.1) is 17.6 Å². The van der Waals surface area contributed by atoms with Gasteiger partial charge in [-0.05, 0) is 30.4 Å². The summed E-state index contributed by atoms with van der Waals surface area (Å²) in [4.78, 5) is 6.58. The van der Waals surface area contributed by atoms with E-state index in [-0.39, 0.29) is 29.9 Å². The van der Waals surface area contributed by atoms with Crippen molar-refractivity contribution in [2.75, 3.05) is 26.7 Å². The van der Waals surface area contributed by atoms with Crippen molar-refractivity contribution < 1.29 is 8.78 Å². The zero-order valence-electron chi connectivity index (χ0n) is 14.0. The van der Waals surface area contributed by atoms with E-state index in [9.17, 15) is 8.78 Å². The summed E-state index contributed by atoms with van der Waals surface area (Å²) in [6.07, 6.45) is 2.43. The van der Waals surface area contributed by atoms with Crippen molar-refractivity contribution in [3.63, 3.8) is 0 Å². The number of hydrogen-bond donors (Lipinski definition) is 1. The van der Waals surface area contributed by atoms with Gasteiger partial charge in [-0.25, -0.2) is 8.78 Å². The van der Waals surface area contributed by atoms with Gasteiger partial charge in [0.15, 0.2) is 5.96 Å². The average molecular weight is 437 g/mol. The molecular formula is C17H26F2IN3. The van der Waals surface area contributed by atoms with E-state index in [1.807, 2.05) is 6.92 Å². The summed E-state index contributed by atoms with van der Waals surface area (Å²) in [5.74, 6) is 0.440. The largest absolute Gasteiger partial charge is 0.356 e. The minimum atomic E-state index is -0.542. The number of halogens is 3. The first-order valence-electron chi connectivity index (χ1n) is 7.91. The predicted molar refractivity (Wildman–Crippen MR) is 102 cm³/mol. The van der Waals surface area contributed by atoms with Crippen LogP contribution in [0.1, 0.15) is 38.2 Å². The zero-order chi connectivity index (χ0) is 16.1. The number of benzene rings is 1. The molecule has 0 saturated carbocycles. The molecule has 0 amide bonds. The van der Waals surface area contributed by atoms with Crippen molar-refractivity contribution in [1.82, 2.24) is 10.2 Å². The Labute approximate surface area is 154 Å². The summed E-state index contributed by atoms with van der Waals surface area (Å²) >= 11 is 0. The van der Waals surface area contributed by atoms with Crippen LogP contribution in [0.2, 0.25) is 0 Å². The average Bonchev–Trinajstić information content (AvgIpc) is 2.47. The van der Waals surface area contributed by atoms with Crippen LogP contribution in [0.5, 0.6) is 0 Å². The zero-order valence-corrected chi connectivity index (χ0v) is 16.3. The lowest BCUT2D eigenvalue weighted by atomic mass is 10.00. The lowest BCUT2D eigenvalue weighted by molar-refractivity contribution is 0.265. The lowest BCUT2D eigenvalue weighted by Crippen LogP contribution is -2.47. The van der Waals surface area contributed by atoms with Gasteiger partial charge in [-0.3, -0.25) is 4.99 Å². The molecule has 1 N–H and O–H groups in total. The molecule has 1 aromatic carbocycles. The molecule has 0 radical (unpaired) electrons. The maximum atomic E-state index is 13.8. The first-order chi connectivity index (χ1) is 10.5. The molecule has 1 aromatic rings. The molecule has 0 bridgehead atoms. The van der Waals surface area contributed by atoms with Crippen molar-refractivity contribution in [2.45, 2.75) is 32.6 Å². The van der Waals surface area contributed by atoms with Gasteiger partial charge in [0.2, 0.25) is 0 Å². The smallest absolute Gasteiger partial charge is 0.193 e. The summed E-state index contributed by atoms with van der Waals surface area (Å²) in [6, 6.07) is 3.76. The first kappa shape index (κ1) is 20.1. The van der Waals surface area contributed by atoms with Crippen LogP contribution in [0.4, 0.5) is 8.78 Å². The molecule has 2 atom stereocenters. The highest BCUT2D eigenvalue weighted by Gasteiger charge is 2.20. The normalized spacial score (nSPS) is 20.0. The van der Waals surface area contributed by atoms with Crippen molar-refractivity contribution in [3.8, 4) is 0 Å². The molecule has 3 nitrogen and oxygen atoms in total. The van der Waals surface area contributed by atoms with E-state index >= 15 is 0 Å². The molecule has 0 aliphatic carbocycles. The third-order valence-electron chi connectivity index (χ3n) is 4.23. The summed E-state index contributed by atoms with van der Waals surface area (Å²) in [6.45, 7) is 6.74. The van der Waals surface area contributed by atoms with Crippen LogP contribution < -0.4 is 5.32 Å². The van der Waals surface area contributed by atoms with Crippen LogP contribution in [-0.2, 0) is 0 Å². The van der Waals surface area contributed by atoms with Crippen molar-refractivity contribution >= 4 is 29.9 Å². The maximum absolute atomic E-state index is 13.8. The standard InChI is InChI=1S/C17H25F2N3.HI/c1-12-5-4-8-22(11-12)17(20-3)21-10-13(2)15-7-6-14(18)9-16(15)19;/h6-7,9,12-13H,4-5,8,10-11H2,1-3H3,(H,20,21);1H. The Morgan fingerprint density at radius 2 is 2.17 bits per heavy atom. The summed E-state index contributed by atoms with van der Waals surface area (Å²) < 4.78 is 26.8. The predicted octanol–water partition coefficient (Wildman–Crippen LogP) is 3.99. The summed E-state index contributed by atoms with van der Waals surface area (Å²) in [7, 11) is 1.77. The van der Waals surface area contributed by atoms with Gasteiger partial charge < -0.3 is 10.2 Å². The molecule has 6 heteroatoms. The van der Waals surface area contributed by atoms with Gasteiger partial charge in [0.1, 0.15) is 11.6 Å². The number of nitrogens with one attached hydrogen (secondary N) is 1. The number of likely N-dealkylation sites (tertiary alicyclic amines) is 1. The molecular weight excluding hydrogens is 411 g/mol. The quantitative estimate of drug-likeness (QED) is 0.440. The summed E-state index contributed by atoms with van der Waals surface area (Å²) in [5.41, 5.74) is 0.524. The Kier molecular flexibility index (Phi) is 8.22. The summed E-state index contributed by atoms with van der Waals surface area (Å²) in [5, 5.41) is 3.32. The SMILES string of the molecule is CN=C(NCC(C)c1ccc(F)cc1F)N1CCCC(C)C1.I. The Hall–Kier alpha value is -0.920. The fraction of sp³-hybridized carbons (Fsp3) is 0.588. The Bertz CT molecular complexity index is 537. The molecule has 0 spiro atoms. The van der Waals surface area contributed by atoms with Crippen LogP contribution >= 0.6 is 24.0 Å². The Morgan fingerprint density at radius 3 is 2.78 bits per heavy atom. The number of rotatable bonds is 3. The number of hydrogen-bond acceptors (Lipinski definition) is 1. The molecule has 0 aromatic heterocycles. The van der Waals surface area contributed by atoms with Crippen molar-refractivity contribution in [2.24, 2.45) is 10.9 Å². The molecule has 2 unspecified atom stereocenters. The molecule has 1 aliphatic heterocycles. The molecule has 1 fully saturated rings. The third kappa shape index (κ3) is 5.58. The molecule has 1 saturated heterocycles. The Balaban J connectivity index is 0.00000264. The van der Waals surface area contributed by atoms with E-state index in [0.717, 1.165) is 25.1 Å². The van der Waals surface area contributed by atoms with Gasteiger partial charge >= 0.3 is 0 Å². The van der Waals surface area contributed by atoms with Crippen LogP contribution in [0.15, 0.2) is 23.2 Å². The number of aliphatic imine (C=N–C) groups is 1. The fourth-order valence-electron chi connectivity index (χ4n) is 2.97. The van der Waals surface area contributed by atoms with E-state index in [2.05, 4.69) is 22.1 Å². The topological polar surface area (TPSA) is 27.6 Å². The van der Waals surface area contributed by atoms with Crippen molar-refractivity contribution in [1.29, 1.82) is 0 Å². The van der Waals surface area contributed by atoms with E-state index in [1.54, 1.807) is 7.05 Å². The van der Waals surface area contributed by atoms with Gasteiger partial charge in [0.25, 0.3) is 0 Å². The van der Waals surface area contributed by atoms with Crippen LogP contribution in [0.25, 0.3) is 0 Å². The second kappa shape index (κ2) is 9.39. The molecule has 23 heavy (non-hydrogen) atoms. The Morgan fingerprint density at radius 1 is 1.43 bits per heavy atom. The minimum Gasteiger partial charge on any atom is -0.356 e. The van der Waals surface area contributed by atoms with Gasteiger partial charge in [-0.2, -0.15) is 0 Å². The highest BCUT2D eigenvalue weighted by molar-refractivity contribution is 14.0. The molecule has 1 aliphatic rings. The van der Waals surface area contributed by atoms with E-state index in [4.69, 9.17) is 0 Å². The number of piperidine rings is 1. The highest BCUT2D eigenvalue weighted by Crippen LogP contribution is 2.20.